The average Bonchev–Trinajstić information content (AvgIpc) is 3.20. The molecule has 14 heteroatoms. The molecule has 0 saturated heterocycles. The Morgan fingerprint density at radius 3 is 2.52 bits per heavy atom. The van der Waals surface area contributed by atoms with Crippen molar-refractivity contribution >= 4 is 11.9 Å². The third-order valence-electron chi connectivity index (χ3n) is 4.05. The molecular formula is C17H26F3N5O6. The third-order valence-corrected chi connectivity index (χ3v) is 4.05. The van der Waals surface area contributed by atoms with Crippen molar-refractivity contribution in [2.24, 2.45) is 0 Å². The van der Waals surface area contributed by atoms with E-state index in [1.165, 1.54) is 12.5 Å². The highest BCUT2D eigenvalue weighted by atomic mass is 19.4. The molecule has 3 N–H and O–H groups in total. The highest BCUT2D eigenvalue weighted by molar-refractivity contribution is 5.91. The number of aromatic amines is 1. The number of nitrogens with zero attached hydrogens (tertiary/aromatic N) is 2. The van der Waals surface area contributed by atoms with E-state index in [0.29, 0.717) is 31.6 Å². The number of nitrogens with one attached hydrogen (secondary N) is 3. The molecule has 11 nitrogen and oxygen atoms in total. The number of carbonyl (C=O) groups is 2. The smallest absolute Gasteiger partial charge is 0.385 e. The third kappa shape index (κ3) is 12.5. The number of unbranched alkanes of at least 4 members (excludes halogenated alkanes) is 3. The van der Waals surface area contributed by atoms with Crippen LogP contribution in [-0.2, 0) is 25.6 Å². The van der Waals surface area contributed by atoms with E-state index in [9.17, 15) is 32.9 Å². The van der Waals surface area contributed by atoms with Crippen LogP contribution in [0.15, 0.2) is 12.5 Å². The van der Waals surface area contributed by atoms with Crippen LogP contribution < -0.4 is 10.6 Å². The molecule has 0 bridgehead atoms. The van der Waals surface area contributed by atoms with Gasteiger partial charge in [-0.15, -0.1) is 10.1 Å². The van der Waals surface area contributed by atoms with E-state index in [-0.39, 0.29) is 13.0 Å². The second-order valence-corrected chi connectivity index (χ2v) is 6.57. The molecule has 1 atom stereocenters. The van der Waals surface area contributed by atoms with Gasteiger partial charge in [0.15, 0.2) is 0 Å². The molecule has 176 valence electrons. The van der Waals surface area contributed by atoms with Crippen LogP contribution in [-0.4, -0.2) is 65.5 Å². The Hall–Kier alpha value is -2.74. The molecule has 0 fully saturated rings. The maximum atomic E-state index is 12.3. The van der Waals surface area contributed by atoms with Crippen LogP contribution in [0.2, 0.25) is 0 Å². The number of hydrogen-bond donors (Lipinski definition) is 3. The molecule has 0 amide bonds. The molecule has 0 spiro atoms. The Morgan fingerprint density at radius 2 is 1.87 bits per heavy atom. The van der Waals surface area contributed by atoms with E-state index in [1.807, 2.05) is 0 Å². The first-order valence-corrected chi connectivity index (χ1v) is 9.71. The Kier molecular flexibility index (Phi) is 12.1. The first kappa shape index (κ1) is 26.3. The van der Waals surface area contributed by atoms with E-state index in [1.54, 1.807) is 0 Å². The fourth-order valence-electron chi connectivity index (χ4n) is 2.53. The van der Waals surface area contributed by atoms with Crippen molar-refractivity contribution in [2.45, 2.75) is 50.7 Å². The molecule has 1 heterocycles. The minimum atomic E-state index is -5.25. The van der Waals surface area contributed by atoms with E-state index >= 15 is 0 Å². The van der Waals surface area contributed by atoms with Gasteiger partial charge in [0.2, 0.25) is 0 Å². The topological polar surface area (TPSA) is 148 Å². The molecule has 0 aliphatic carbocycles. The Labute approximate surface area is 176 Å². The van der Waals surface area contributed by atoms with Crippen LogP contribution in [0.4, 0.5) is 13.2 Å². The van der Waals surface area contributed by atoms with Crippen molar-refractivity contribution in [1.82, 2.24) is 20.6 Å². The van der Waals surface area contributed by atoms with E-state index in [2.05, 4.69) is 30.2 Å². The molecule has 0 radical (unpaired) electrons. The van der Waals surface area contributed by atoms with Crippen molar-refractivity contribution in [3.05, 3.63) is 28.3 Å². The molecule has 0 aliphatic heterocycles. The van der Waals surface area contributed by atoms with Gasteiger partial charge >= 0.3 is 18.1 Å². The Bertz CT molecular complexity index is 672. The minimum Gasteiger partial charge on any atom is -0.385 e. The van der Waals surface area contributed by atoms with Gasteiger partial charge in [-0.05, 0) is 38.9 Å². The number of esters is 2. The summed E-state index contributed by atoms with van der Waals surface area (Å²) >= 11 is 0. The highest BCUT2D eigenvalue weighted by Gasteiger charge is 2.43. The lowest BCUT2D eigenvalue weighted by atomic mass is 10.1. The lowest BCUT2D eigenvalue weighted by molar-refractivity contribution is -0.757. The molecule has 1 aromatic heterocycles. The number of H-pyrrole nitrogens is 1. The fourth-order valence-corrected chi connectivity index (χ4v) is 2.53. The zero-order chi connectivity index (χ0) is 23.1. The number of alkyl halides is 3. The number of hydrogen-bond acceptors (Lipinski definition) is 9. The van der Waals surface area contributed by atoms with Gasteiger partial charge in [0, 0.05) is 18.3 Å². The van der Waals surface area contributed by atoms with Crippen LogP contribution >= 0.6 is 0 Å². The van der Waals surface area contributed by atoms with Crippen molar-refractivity contribution in [3.8, 4) is 0 Å². The molecule has 31 heavy (non-hydrogen) atoms. The van der Waals surface area contributed by atoms with E-state index in [4.69, 9.17) is 0 Å². The summed E-state index contributed by atoms with van der Waals surface area (Å²) in [6, 6.07) is -1.15. The van der Waals surface area contributed by atoms with Gasteiger partial charge < -0.3 is 25.2 Å². The minimum absolute atomic E-state index is 0.0163. The first-order chi connectivity index (χ1) is 14.7. The average molecular weight is 453 g/mol. The maximum Gasteiger partial charge on any atom is 0.491 e. The first-order valence-electron chi connectivity index (χ1n) is 9.71. The number of carbonyl (C=O) groups excluding carboxylic acids is 2. The predicted molar refractivity (Wildman–Crippen MR) is 100 cm³/mol. The summed E-state index contributed by atoms with van der Waals surface area (Å²) < 4.78 is 40.9. The second kappa shape index (κ2) is 14.3. The van der Waals surface area contributed by atoms with Crippen LogP contribution in [0.25, 0.3) is 0 Å². The summed E-state index contributed by atoms with van der Waals surface area (Å²) in [5, 5.41) is 15.1. The summed E-state index contributed by atoms with van der Waals surface area (Å²) in [5.41, 5.74) is 0.496. The van der Waals surface area contributed by atoms with Gasteiger partial charge in [0.1, 0.15) is 6.04 Å². The van der Waals surface area contributed by atoms with Crippen LogP contribution in [0.5, 0.6) is 0 Å². The normalized spacial score (nSPS) is 12.4. The monoisotopic (exact) mass is 453 g/mol. The number of rotatable bonds is 16. The lowest BCUT2D eigenvalue weighted by Crippen LogP contribution is -2.43. The van der Waals surface area contributed by atoms with Crippen molar-refractivity contribution < 1.29 is 37.4 Å². The highest BCUT2D eigenvalue weighted by Crippen LogP contribution is 2.17. The molecule has 0 unspecified atom stereocenters. The predicted octanol–water partition coefficient (Wildman–Crippen LogP) is 1.29. The summed E-state index contributed by atoms with van der Waals surface area (Å²) in [6.07, 6.45) is 1.26. The molecule has 1 rings (SSSR count). The van der Waals surface area contributed by atoms with Crippen LogP contribution in [0.3, 0.4) is 0 Å². The second-order valence-electron chi connectivity index (χ2n) is 6.57. The molecular weight excluding hydrogens is 427 g/mol. The Balaban J connectivity index is 2.23. The van der Waals surface area contributed by atoms with Crippen molar-refractivity contribution in [2.75, 3.05) is 26.2 Å². The fraction of sp³-hybridized carbons (Fsp3) is 0.706. The van der Waals surface area contributed by atoms with Gasteiger partial charge in [0.05, 0.1) is 12.9 Å². The largest absolute Gasteiger partial charge is 0.491 e. The number of imidazole rings is 1. The van der Waals surface area contributed by atoms with Gasteiger partial charge in [-0.2, -0.15) is 13.2 Å². The number of halogens is 3. The molecule has 0 saturated carbocycles. The summed E-state index contributed by atoms with van der Waals surface area (Å²) in [6.45, 7) is 1.72. The summed E-state index contributed by atoms with van der Waals surface area (Å²) in [5.74, 6) is -3.87. The Morgan fingerprint density at radius 1 is 1.16 bits per heavy atom. The SMILES string of the molecule is O=C(OC(=O)C(F)(F)F)[C@H](Cc1cnc[nH]1)NCCCNCCCCCCO[N+](=O)[O-]. The van der Waals surface area contributed by atoms with Gasteiger partial charge in [-0.1, -0.05) is 12.8 Å². The van der Waals surface area contributed by atoms with Gasteiger partial charge in [0.25, 0.3) is 5.09 Å². The molecule has 1 aromatic rings. The van der Waals surface area contributed by atoms with Gasteiger partial charge in [-0.3, -0.25) is 0 Å². The lowest BCUT2D eigenvalue weighted by Gasteiger charge is -2.17. The van der Waals surface area contributed by atoms with Crippen LogP contribution in [0.1, 0.15) is 37.8 Å². The standard InChI is InChI=1S/C17H26F3N5O6/c18-17(19,20)16(27)31-15(26)14(10-13-11-22-12-24-13)23-8-5-7-21-6-3-1-2-4-9-30-25(28)29/h11-12,14,21,23H,1-10H2,(H,22,24)/t14-/m0/s1. The van der Waals surface area contributed by atoms with Gasteiger partial charge in [-0.25, -0.2) is 14.6 Å². The van der Waals surface area contributed by atoms with Crippen molar-refractivity contribution in [1.29, 1.82) is 0 Å². The maximum absolute atomic E-state index is 12.3. The van der Waals surface area contributed by atoms with Crippen molar-refractivity contribution in [3.63, 3.8) is 0 Å². The summed E-state index contributed by atoms with van der Waals surface area (Å²) in [4.78, 5) is 43.6. The van der Waals surface area contributed by atoms with E-state index in [0.717, 1.165) is 25.8 Å². The quantitative estimate of drug-likeness (QED) is 0.111. The van der Waals surface area contributed by atoms with E-state index < -0.39 is 29.2 Å². The van der Waals surface area contributed by atoms with Crippen LogP contribution in [0, 0.1) is 10.1 Å². The zero-order valence-corrected chi connectivity index (χ0v) is 16.8. The number of ether oxygens (including phenoxy) is 1. The molecule has 0 aromatic carbocycles. The summed E-state index contributed by atoms with van der Waals surface area (Å²) in [7, 11) is 0. The zero-order valence-electron chi connectivity index (χ0n) is 16.8. The number of aromatic nitrogens is 2. The molecule has 0 aliphatic rings.